The van der Waals surface area contributed by atoms with Gasteiger partial charge in [-0.15, -0.1) is 0 Å². The van der Waals surface area contributed by atoms with Crippen molar-refractivity contribution in [2.75, 3.05) is 0 Å². The van der Waals surface area contributed by atoms with Crippen LogP contribution in [-0.4, -0.2) is 21.7 Å². The van der Waals surface area contributed by atoms with Gasteiger partial charge in [0.25, 0.3) is 0 Å². The summed E-state index contributed by atoms with van der Waals surface area (Å²) < 4.78 is 10.3. The Balaban J connectivity index is 2.15. The Hall–Kier alpha value is -2.21. The van der Waals surface area contributed by atoms with E-state index in [9.17, 15) is 4.79 Å². The monoisotopic (exact) mass is 275 g/mol. The van der Waals surface area contributed by atoms with Gasteiger partial charge in [-0.1, -0.05) is 5.16 Å². The molecule has 0 saturated carbocycles. The molecule has 0 aliphatic carbocycles. The molecule has 6 nitrogen and oxygen atoms in total. The average molecular weight is 275 g/mol. The van der Waals surface area contributed by atoms with Gasteiger partial charge in [0.2, 0.25) is 0 Å². The summed E-state index contributed by atoms with van der Waals surface area (Å²) in [6, 6.07) is 4.25. The summed E-state index contributed by atoms with van der Waals surface area (Å²) in [7, 11) is 0. The molecule has 106 valence electrons. The quantitative estimate of drug-likeness (QED) is 0.862. The predicted octanol–water partition coefficient (Wildman–Crippen LogP) is 2.08. The summed E-state index contributed by atoms with van der Waals surface area (Å²) in [5.41, 5.74) is 6.58. The molecule has 0 bridgehead atoms. The van der Waals surface area contributed by atoms with Crippen LogP contribution in [-0.2, 0) is 9.53 Å². The van der Waals surface area contributed by atoms with E-state index in [0.29, 0.717) is 5.69 Å². The van der Waals surface area contributed by atoms with Gasteiger partial charge in [0.1, 0.15) is 11.3 Å². The van der Waals surface area contributed by atoms with E-state index >= 15 is 0 Å². The summed E-state index contributed by atoms with van der Waals surface area (Å²) in [6.07, 6.45) is 3.32. The van der Waals surface area contributed by atoms with Crippen molar-refractivity contribution in [3.63, 3.8) is 0 Å². The Labute approximate surface area is 116 Å². The van der Waals surface area contributed by atoms with Crippen molar-refractivity contribution in [2.24, 2.45) is 5.73 Å². The van der Waals surface area contributed by atoms with Crippen LogP contribution < -0.4 is 5.73 Å². The molecule has 0 aliphatic rings. The average Bonchev–Trinajstić information content (AvgIpc) is 2.86. The fourth-order valence-corrected chi connectivity index (χ4v) is 1.57. The highest BCUT2D eigenvalue weighted by atomic mass is 16.6. The summed E-state index contributed by atoms with van der Waals surface area (Å²) in [5.74, 6) is -0.288. The van der Waals surface area contributed by atoms with Crippen molar-refractivity contribution in [2.45, 2.75) is 32.4 Å². The molecule has 2 N–H and O–H groups in total. The Morgan fingerprint density at radius 2 is 2.20 bits per heavy atom. The number of nitrogens with two attached hydrogens (primary N) is 1. The Morgan fingerprint density at radius 3 is 2.80 bits per heavy atom. The maximum absolute atomic E-state index is 11.9. The highest BCUT2D eigenvalue weighted by Crippen LogP contribution is 2.22. The highest BCUT2D eigenvalue weighted by molar-refractivity contribution is 5.77. The summed E-state index contributed by atoms with van der Waals surface area (Å²) in [5, 5.41) is 3.88. The molecule has 0 saturated heterocycles. The molecule has 1 unspecified atom stereocenters. The third-order valence-corrected chi connectivity index (χ3v) is 2.45. The second kappa shape index (κ2) is 5.42. The van der Waals surface area contributed by atoms with Crippen LogP contribution in [0.15, 0.2) is 35.1 Å². The molecule has 2 aromatic rings. The first-order valence-corrected chi connectivity index (χ1v) is 6.22. The van der Waals surface area contributed by atoms with E-state index in [1.807, 2.05) is 6.07 Å². The zero-order valence-corrected chi connectivity index (χ0v) is 11.7. The van der Waals surface area contributed by atoms with Crippen LogP contribution in [0, 0.1) is 0 Å². The normalized spacial score (nSPS) is 13.0. The molecule has 2 heterocycles. The number of aromatic nitrogens is 2. The molecule has 0 fully saturated rings. The number of hydrogen-bond acceptors (Lipinski definition) is 6. The first-order valence-electron chi connectivity index (χ1n) is 6.22. The minimum Gasteiger partial charge on any atom is -0.458 e. The van der Waals surface area contributed by atoms with Gasteiger partial charge in [-0.05, 0) is 32.9 Å². The second-order valence-corrected chi connectivity index (χ2v) is 5.37. The molecular weight excluding hydrogens is 258 g/mol. The maximum Gasteiger partial charge on any atom is 0.331 e. The van der Waals surface area contributed by atoms with Gasteiger partial charge in [0, 0.05) is 24.0 Å². The summed E-state index contributed by atoms with van der Waals surface area (Å²) in [4.78, 5) is 15.9. The van der Waals surface area contributed by atoms with E-state index in [1.165, 1.54) is 0 Å². The van der Waals surface area contributed by atoms with Gasteiger partial charge in [-0.25, -0.2) is 4.79 Å². The van der Waals surface area contributed by atoms with E-state index in [0.717, 1.165) is 5.56 Å². The molecule has 0 radical (unpaired) electrons. The predicted molar refractivity (Wildman–Crippen MR) is 72.5 cm³/mol. The van der Waals surface area contributed by atoms with E-state index in [4.69, 9.17) is 15.0 Å². The number of hydrogen-bond donors (Lipinski definition) is 1. The maximum atomic E-state index is 11.9. The number of ether oxygens (including phenoxy) is 1. The van der Waals surface area contributed by atoms with Crippen molar-refractivity contribution in [1.82, 2.24) is 10.1 Å². The van der Waals surface area contributed by atoms with Crippen LogP contribution in [0.25, 0.3) is 11.3 Å². The molecule has 20 heavy (non-hydrogen) atoms. The van der Waals surface area contributed by atoms with Gasteiger partial charge in [0.05, 0.1) is 0 Å². The molecule has 0 amide bonds. The molecule has 6 heteroatoms. The summed E-state index contributed by atoms with van der Waals surface area (Å²) in [6.45, 7) is 5.33. The minimum absolute atomic E-state index is 0.262. The van der Waals surface area contributed by atoms with Crippen LogP contribution in [0.4, 0.5) is 0 Å². The Bertz CT molecular complexity index is 587. The number of nitrogens with zero attached hydrogens (tertiary/aromatic N) is 2. The van der Waals surface area contributed by atoms with Gasteiger partial charge in [-0.3, -0.25) is 4.98 Å². The number of esters is 1. The van der Waals surface area contributed by atoms with E-state index < -0.39 is 17.6 Å². The SMILES string of the molecule is CC(C)(C)OC(=O)C(N)c1cc(-c2cccnc2)no1. The molecule has 2 rings (SSSR count). The largest absolute Gasteiger partial charge is 0.458 e. The van der Waals surface area contributed by atoms with Crippen molar-refractivity contribution in [1.29, 1.82) is 0 Å². The van der Waals surface area contributed by atoms with E-state index in [1.54, 1.807) is 45.3 Å². The summed E-state index contributed by atoms with van der Waals surface area (Å²) >= 11 is 0. The fourth-order valence-electron chi connectivity index (χ4n) is 1.57. The molecule has 0 spiro atoms. The lowest BCUT2D eigenvalue weighted by atomic mass is 10.1. The zero-order valence-electron chi connectivity index (χ0n) is 11.7. The molecular formula is C14H17N3O3. The topological polar surface area (TPSA) is 91.2 Å². The molecule has 0 aliphatic heterocycles. The van der Waals surface area contributed by atoms with Gasteiger partial charge < -0.3 is 15.0 Å². The number of carbonyl (C=O) groups excluding carboxylic acids is 1. The number of carbonyl (C=O) groups is 1. The standard InChI is InChI=1S/C14H17N3O3/c1-14(2,3)19-13(18)12(15)11-7-10(17-20-11)9-5-4-6-16-8-9/h4-8,12H,15H2,1-3H3. The van der Waals surface area contributed by atoms with Crippen LogP contribution >= 0.6 is 0 Å². The van der Waals surface area contributed by atoms with Gasteiger partial charge >= 0.3 is 5.97 Å². The van der Waals surface area contributed by atoms with Crippen molar-refractivity contribution >= 4 is 5.97 Å². The third-order valence-electron chi connectivity index (χ3n) is 2.45. The third kappa shape index (κ3) is 3.42. The lowest BCUT2D eigenvalue weighted by Gasteiger charge is -2.21. The zero-order chi connectivity index (χ0) is 14.8. The molecule has 2 aromatic heterocycles. The minimum atomic E-state index is -0.993. The lowest BCUT2D eigenvalue weighted by Crippen LogP contribution is -2.31. The van der Waals surface area contributed by atoms with Crippen LogP contribution in [0.1, 0.15) is 32.6 Å². The van der Waals surface area contributed by atoms with Crippen LogP contribution in [0.3, 0.4) is 0 Å². The van der Waals surface area contributed by atoms with Crippen molar-refractivity contribution in [3.05, 3.63) is 36.4 Å². The first-order chi connectivity index (χ1) is 9.37. The van der Waals surface area contributed by atoms with Crippen LogP contribution in [0.2, 0.25) is 0 Å². The first kappa shape index (κ1) is 14.2. The Kier molecular flexibility index (Phi) is 3.85. The number of pyridine rings is 1. The number of rotatable bonds is 3. The second-order valence-electron chi connectivity index (χ2n) is 5.37. The highest BCUT2D eigenvalue weighted by Gasteiger charge is 2.26. The van der Waals surface area contributed by atoms with Crippen molar-refractivity contribution in [3.8, 4) is 11.3 Å². The van der Waals surface area contributed by atoms with Gasteiger partial charge in [0.15, 0.2) is 11.8 Å². The van der Waals surface area contributed by atoms with Gasteiger partial charge in [-0.2, -0.15) is 0 Å². The van der Waals surface area contributed by atoms with Crippen LogP contribution in [0.5, 0.6) is 0 Å². The molecule has 0 aromatic carbocycles. The fraction of sp³-hybridized carbons (Fsp3) is 0.357. The Morgan fingerprint density at radius 1 is 1.45 bits per heavy atom. The molecule has 1 atom stereocenters. The lowest BCUT2D eigenvalue weighted by molar-refractivity contribution is -0.157. The smallest absolute Gasteiger partial charge is 0.331 e. The van der Waals surface area contributed by atoms with E-state index in [2.05, 4.69) is 10.1 Å². The van der Waals surface area contributed by atoms with Crippen molar-refractivity contribution < 1.29 is 14.1 Å². The van der Waals surface area contributed by atoms with E-state index in [-0.39, 0.29) is 5.76 Å².